The number of nitrogens with one attached hydrogen (secondary N) is 1. The molecule has 0 bridgehead atoms. The zero-order chi connectivity index (χ0) is 15.1. The molecule has 1 unspecified atom stereocenters. The molecule has 0 aliphatic heterocycles. The van der Waals surface area contributed by atoms with Gasteiger partial charge in [0.1, 0.15) is 0 Å². The Hall–Kier alpha value is -1.80. The monoisotopic (exact) mass is 283 g/mol. The van der Waals surface area contributed by atoms with Gasteiger partial charge >= 0.3 is 0 Å². The number of aliphatic hydroxyl groups excluding tert-OH is 1. The Balaban J connectivity index is 1.99. The van der Waals surface area contributed by atoms with Crippen molar-refractivity contribution in [3.63, 3.8) is 0 Å². The zero-order valence-corrected chi connectivity index (χ0v) is 12.9. The molecular weight excluding hydrogens is 258 g/mol. The molecule has 2 heteroatoms. The standard InChI is InChI=1S/C19H25NO/c1-15(2)19(17-6-4-3-5-7-17)14-20-18-10-8-16(9-11-18)12-13-21/h3-11,15,19-21H,12-14H2,1-2H3. The molecule has 1 atom stereocenters. The summed E-state index contributed by atoms with van der Waals surface area (Å²) < 4.78 is 0. The van der Waals surface area contributed by atoms with Crippen molar-refractivity contribution in [1.29, 1.82) is 0 Å². The third-order valence-electron chi connectivity index (χ3n) is 3.91. The van der Waals surface area contributed by atoms with Crippen LogP contribution in [0.1, 0.15) is 30.9 Å². The van der Waals surface area contributed by atoms with Crippen molar-refractivity contribution in [3.05, 3.63) is 65.7 Å². The van der Waals surface area contributed by atoms with Gasteiger partial charge in [0.2, 0.25) is 0 Å². The summed E-state index contributed by atoms with van der Waals surface area (Å²) in [4.78, 5) is 0. The van der Waals surface area contributed by atoms with Crippen LogP contribution in [0.15, 0.2) is 54.6 Å². The molecule has 21 heavy (non-hydrogen) atoms. The predicted molar refractivity (Wildman–Crippen MR) is 89.7 cm³/mol. The van der Waals surface area contributed by atoms with Crippen LogP contribution >= 0.6 is 0 Å². The van der Waals surface area contributed by atoms with Crippen LogP contribution in [0.5, 0.6) is 0 Å². The normalized spacial score (nSPS) is 12.4. The third kappa shape index (κ3) is 4.61. The molecule has 0 spiro atoms. The minimum absolute atomic E-state index is 0.205. The number of rotatable bonds is 7. The summed E-state index contributed by atoms with van der Waals surface area (Å²) in [5, 5.41) is 12.5. The van der Waals surface area contributed by atoms with Crippen LogP contribution in [0.2, 0.25) is 0 Å². The van der Waals surface area contributed by atoms with E-state index >= 15 is 0 Å². The van der Waals surface area contributed by atoms with E-state index in [1.54, 1.807) is 0 Å². The molecule has 2 nitrogen and oxygen atoms in total. The molecular formula is C19H25NO. The molecule has 2 rings (SSSR count). The Morgan fingerprint density at radius 2 is 1.62 bits per heavy atom. The van der Waals surface area contributed by atoms with E-state index in [2.05, 4.69) is 73.8 Å². The van der Waals surface area contributed by atoms with E-state index in [4.69, 9.17) is 5.11 Å². The van der Waals surface area contributed by atoms with Gasteiger partial charge in [0.15, 0.2) is 0 Å². The van der Waals surface area contributed by atoms with Gasteiger partial charge in [-0.05, 0) is 35.6 Å². The maximum Gasteiger partial charge on any atom is 0.0471 e. The highest BCUT2D eigenvalue weighted by Crippen LogP contribution is 2.24. The molecule has 2 N–H and O–H groups in total. The number of aliphatic hydroxyl groups is 1. The lowest BCUT2D eigenvalue weighted by Crippen LogP contribution is -2.17. The summed E-state index contributed by atoms with van der Waals surface area (Å²) in [5.41, 5.74) is 3.70. The van der Waals surface area contributed by atoms with E-state index in [0.717, 1.165) is 18.7 Å². The highest BCUT2D eigenvalue weighted by molar-refractivity contribution is 5.45. The highest BCUT2D eigenvalue weighted by atomic mass is 16.2. The van der Waals surface area contributed by atoms with Crippen LogP contribution in [-0.2, 0) is 6.42 Å². The van der Waals surface area contributed by atoms with Gasteiger partial charge in [-0.1, -0.05) is 56.3 Å². The molecule has 0 aliphatic carbocycles. The van der Waals surface area contributed by atoms with Gasteiger partial charge in [-0.15, -0.1) is 0 Å². The lowest BCUT2D eigenvalue weighted by atomic mass is 9.88. The first kappa shape index (κ1) is 15.6. The van der Waals surface area contributed by atoms with Crippen LogP contribution in [0.4, 0.5) is 5.69 Å². The second-order valence-corrected chi connectivity index (χ2v) is 5.81. The topological polar surface area (TPSA) is 32.3 Å². The molecule has 0 aliphatic rings. The second kappa shape index (κ2) is 7.84. The first-order chi connectivity index (χ1) is 10.2. The van der Waals surface area contributed by atoms with Crippen molar-refractivity contribution in [3.8, 4) is 0 Å². The van der Waals surface area contributed by atoms with Crippen molar-refractivity contribution in [1.82, 2.24) is 0 Å². The van der Waals surface area contributed by atoms with Crippen LogP contribution in [0.25, 0.3) is 0 Å². The smallest absolute Gasteiger partial charge is 0.0471 e. The first-order valence-electron chi connectivity index (χ1n) is 7.69. The van der Waals surface area contributed by atoms with Gasteiger partial charge in [-0.2, -0.15) is 0 Å². The van der Waals surface area contributed by atoms with Crippen LogP contribution in [0.3, 0.4) is 0 Å². The minimum Gasteiger partial charge on any atom is -0.396 e. The van der Waals surface area contributed by atoms with Gasteiger partial charge < -0.3 is 10.4 Å². The maximum atomic E-state index is 8.94. The molecule has 0 heterocycles. The van der Waals surface area contributed by atoms with Gasteiger partial charge in [0, 0.05) is 24.8 Å². The molecule has 0 amide bonds. The van der Waals surface area contributed by atoms with E-state index in [9.17, 15) is 0 Å². The summed E-state index contributed by atoms with van der Waals surface area (Å²) in [5.74, 6) is 1.09. The maximum absolute atomic E-state index is 8.94. The fraction of sp³-hybridized carbons (Fsp3) is 0.368. The summed E-state index contributed by atoms with van der Waals surface area (Å²) >= 11 is 0. The van der Waals surface area contributed by atoms with E-state index < -0.39 is 0 Å². The van der Waals surface area contributed by atoms with Gasteiger partial charge in [-0.25, -0.2) is 0 Å². The Kier molecular flexibility index (Phi) is 5.82. The van der Waals surface area contributed by atoms with Gasteiger partial charge in [-0.3, -0.25) is 0 Å². The lowest BCUT2D eigenvalue weighted by Gasteiger charge is -2.22. The van der Waals surface area contributed by atoms with Gasteiger partial charge in [0.05, 0.1) is 0 Å². The van der Waals surface area contributed by atoms with Crippen molar-refractivity contribution < 1.29 is 5.11 Å². The summed E-state index contributed by atoms with van der Waals surface area (Å²) in [7, 11) is 0. The number of hydrogen-bond donors (Lipinski definition) is 2. The Bertz CT molecular complexity index is 519. The highest BCUT2D eigenvalue weighted by Gasteiger charge is 2.15. The van der Waals surface area contributed by atoms with Crippen molar-refractivity contribution >= 4 is 5.69 Å². The van der Waals surface area contributed by atoms with E-state index in [1.807, 2.05) is 0 Å². The molecule has 0 aromatic heterocycles. The molecule has 2 aromatic carbocycles. The van der Waals surface area contributed by atoms with Crippen LogP contribution in [0, 0.1) is 5.92 Å². The van der Waals surface area contributed by atoms with Crippen LogP contribution in [-0.4, -0.2) is 18.3 Å². The fourth-order valence-electron chi connectivity index (χ4n) is 2.58. The Morgan fingerprint density at radius 3 is 2.19 bits per heavy atom. The molecule has 112 valence electrons. The average molecular weight is 283 g/mol. The average Bonchev–Trinajstić information content (AvgIpc) is 2.50. The second-order valence-electron chi connectivity index (χ2n) is 5.81. The SMILES string of the molecule is CC(C)C(CNc1ccc(CCO)cc1)c1ccccc1. The predicted octanol–water partition coefficient (Wildman–Crippen LogP) is 4.07. The quantitative estimate of drug-likeness (QED) is 0.802. The van der Waals surface area contributed by atoms with Crippen molar-refractivity contribution in [2.75, 3.05) is 18.5 Å². The molecule has 0 fully saturated rings. The molecule has 0 radical (unpaired) electrons. The molecule has 0 saturated carbocycles. The summed E-state index contributed by atoms with van der Waals surface area (Å²) in [6.07, 6.45) is 0.721. The van der Waals surface area contributed by atoms with Crippen molar-refractivity contribution in [2.24, 2.45) is 5.92 Å². The Morgan fingerprint density at radius 1 is 0.952 bits per heavy atom. The zero-order valence-electron chi connectivity index (χ0n) is 12.9. The fourth-order valence-corrected chi connectivity index (χ4v) is 2.58. The Labute approximate surface area is 127 Å². The van der Waals surface area contributed by atoms with Crippen LogP contribution < -0.4 is 5.32 Å². The first-order valence-corrected chi connectivity index (χ1v) is 7.69. The summed E-state index contributed by atoms with van der Waals surface area (Å²) in [6.45, 7) is 5.67. The number of hydrogen-bond acceptors (Lipinski definition) is 2. The lowest BCUT2D eigenvalue weighted by molar-refractivity contribution is 0.299. The number of benzene rings is 2. The van der Waals surface area contributed by atoms with E-state index in [-0.39, 0.29) is 6.61 Å². The molecule has 2 aromatic rings. The van der Waals surface area contributed by atoms with E-state index in [1.165, 1.54) is 11.1 Å². The molecule has 0 saturated heterocycles. The summed E-state index contributed by atoms with van der Waals surface area (Å²) in [6, 6.07) is 19.0. The third-order valence-corrected chi connectivity index (χ3v) is 3.91. The largest absolute Gasteiger partial charge is 0.396 e. The van der Waals surface area contributed by atoms with Gasteiger partial charge in [0.25, 0.3) is 0 Å². The number of anilines is 1. The minimum atomic E-state index is 0.205. The van der Waals surface area contributed by atoms with Crippen molar-refractivity contribution in [2.45, 2.75) is 26.2 Å². The van der Waals surface area contributed by atoms with E-state index in [0.29, 0.717) is 11.8 Å².